The molecule has 0 aromatic heterocycles. The molecule has 0 spiro atoms. The lowest BCUT2D eigenvalue weighted by atomic mass is 10.0. The summed E-state index contributed by atoms with van der Waals surface area (Å²) in [5, 5.41) is 0. The molecule has 0 radical (unpaired) electrons. The van der Waals surface area contributed by atoms with Crippen LogP contribution in [0.3, 0.4) is 0 Å². The number of carbonyl (C=O) groups is 3. The predicted molar refractivity (Wildman–Crippen MR) is 298 cm³/mol. The highest BCUT2D eigenvalue weighted by Gasteiger charge is 2.19. The van der Waals surface area contributed by atoms with Gasteiger partial charge in [-0.3, -0.25) is 14.4 Å². The zero-order valence-electron chi connectivity index (χ0n) is 46.1. The standard InChI is InChI=1S/C63H114O6/c1-4-7-10-13-16-18-20-22-24-26-27-28-29-30-31-32-33-34-35-36-38-39-41-43-45-47-50-53-56-62(65)68-59-60(58-67-61(64)55-52-49-15-12-9-6-3)69-63(66)57-54-51-48-46-44-42-40-37-25-23-21-19-17-14-11-8-5-2/h8,11,17,19,23,25,40,42,60H,4-7,9-10,12-16,18,20-22,24,26-39,41,43-59H2,1-3H3/b11-8-,19-17-,25-23-,42-40-. The summed E-state index contributed by atoms with van der Waals surface area (Å²) in [6.07, 6.45) is 71.6. The first-order valence-electron chi connectivity index (χ1n) is 30.1. The molecule has 0 saturated carbocycles. The second kappa shape index (κ2) is 57.9. The van der Waals surface area contributed by atoms with Crippen molar-refractivity contribution in [3.63, 3.8) is 0 Å². The van der Waals surface area contributed by atoms with Gasteiger partial charge >= 0.3 is 17.9 Å². The van der Waals surface area contributed by atoms with Crippen LogP contribution in [0.25, 0.3) is 0 Å². The Labute approximate surface area is 428 Å². The van der Waals surface area contributed by atoms with Crippen LogP contribution in [-0.2, 0) is 28.6 Å². The van der Waals surface area contributed by atoms with Crippen molar-refractivity contribution >= 4 is 17.9 Å². The molecule has 0 heterocycles. The first-order valence-corrected chi connectivity index (χ1v) is 30.1. The Kier molecular flexibility index (Phi) is 55.7. The van der Waals surface area contributed by atoms with Crippen LogP contribution in [0, 0.1) is 0 Å². The Morgan fingerprint density at radius 3 is 0.884 bits per heavy atom. The largest absolute Gasteiger partial charge is 0.462 e. The molecule has 69 heavy (non-hydrogen) atoms. The molecule has 0 aliphatic carbocycles. The average Bonchev–Trinajstić information content (AvgIpc) is 3.35. The molecule has 0 amide bonds. The lowest BCUT2D eigenvalue weighted by molar-refractivity contribution is -0.167. The van der Waals surface area contributed by atoms with Gasteiger partial charge in [0.25, 0.3) is 0 Å². The van der Waals surface area contributed by atoms with E-state index in [1.165, 1.54) is 180 Å². The van der Waals surface area contributed by atoms with Crippen molar-refractivity contribution in [1.82, 2.24) is 0 Å². The van der Waals surface area contributed by atoms with Crippen LogP contribution >= 0.6 is 0 Å². The summed E-state index contributed by atoms with van der Waals surface area (Å²) >= 11 is 0. The number of rotatable bonds is 55. The van der Waals surface area contributed by atoms with Crippen LogP contribution in [0.15, 0.2) is 48.6 Å². The maximum atomic E-state index is 12.8. The van der Waals surface area contributed by atoms with Gasteiger partial charge in [0.2, 0.25) is 0 Å². The molecule has 0 saturated heterocycles. The van der Waals surface area contributed by atoms with E-state index >= 15 is 0 Å². The molecule has 6 heteroatoms. The molecular formula is C63H114O6. The van der Waals surface area contributed by atoms with E-state index in [4.69, 9.17) is 14.2 Å². The summed E-state index contributed by atoms with van der Waals surface area (Å²) in [4.78, 5) is 37.9. The minimum Gasteiger partial charge on any atom is -0.462 e. The van der Waals surface area contributed by atoms with E-state index in [-0.39, 0.29) is 31.1 Å². The smallest absolute Gasteiger partial charge is 0.306 e. The topological polar surface area (TPSA) is 78.9 Å². The molecule has 1 atom stereocenters. The van der Waals surface area contributed by atoms with Gasteiger partial charge in [0.15, 0.2) is 6.10 Å². The van der Waals surface area contributed by atoms with Gasteiger partial charge in [-0.15, -0.1) is 0 Å². The molecule has 0 rings (SSSR count). The van der Waals surface area contributed by atoms with E-state index in [1.807, 2.05) is 0 Å². The van der Waals surface area contributed by atoms with Gasteiger partial charge in [0, 0.05) is 19.3 Å². The van der Waals surface area contributed by atoms with Gasteiger partial charge in [-0.2, -0.15) is 0 Å². The van der Waals surface area contributed by atoms with E-state index in [9.17, 15) is 14.4 Å². The van der Waals surface area contributed by atoms with Crippen LogP contribution in [0.1, 0.15) is 316 Å². The van der Waals surface area contributed by atoms with Crippen molar-refractivity contribution in [2.45, 2.75) is 322 Å². The zero-order chi connectivity index (χ0) is 50.0. The van der Waals surface area contributed by atoms with Crippen LogP contribution < -0.4 is 0 Å². The van der Waals surface area contributed by atoms with E-state index < -0.39 is 6.10 Å². The van der Waals surface area contributed by atoms with Crippen LogP contribution in [0.2, 0.25) is 0 Å². The Bertz CT molecular complexity index is 1200. The molecular weight excluding hydrogens is 853 g/mol. The van der Waals surface area contributed by atoms with Crippen molar-refractivity contribution in [2.75, 3.05) is 13.2 Å². The fourth-order valence-corrected chi connectivity index (χ4v) is 8.85. The molecule has 0 aromatic rings. The zero-order valence-corrected chi connectivity index (χ0v) is 46.1. The van der Waals surface area contributed by atoms with Crippen molar-refractivity contribution in [3.05, 3.63) is 48.6 Å². The number of allylic oxidation sites excluding steroid dienone is 8. The summed E-state index contributed by atoms with van der Waals surface area (Å²) in [5.41, 5.74) is 0. The van der Waals surface area contributed by atoms with E-state index in [0.29, 0.717) is 19.3 Å². The van der Waals surface area contributed by atoms with Crippen LogP contribution in [0.4, 0.5) is 0 Å². The van der Waals surface area contributed by atoms with Gasteiger partial charge < -0.3 is 14.2 Å². The van der Waals surface area contributed by atoms with Crippen LogP contribution in [0.5, 0.6) is 0 Å². The van der Waals surface area contributed by atoms with Gasteiger partial charge in [-0.05, 0) is 57.8 Å². The molecule has 402 valence electrons. The molecule has 0 N–H and O–H groups in total. The summed E-state index contributed by atoms with van der Waals surface area (Å²) in [7, 11) is 0. The van der Waals surface area contributed by atoms with Gasteiger partial charge in [-0.1, -0.05) is 288 Å². The third kappa shape index (κ3) is 56.2. The first-order chi connectivity index (χ1) is 34.0. The van der Waals surface area contributed by atoms with E-state index in [2.05, 4.69) is 69.4 Å². The van der Waals surface area contributed by atoms with Crippen molar-refractivity contribution < 1.29 is 28.6 Å². The molecule has 0 aliphatic heterocycles. The Morgan fingerprint density at radius 1 is 0.304 bits per heavy atom. The quantitative estimate of drug-likeness (QED) is 0.0262. The number of hydrogen-bond donors (Lipinski definition) is 0. The SMILES string of the molecule is CC/C=C\C/C=C\C/C=C\C/C=C\CCCCCCC(=O)OC(COC(=O)CCCCCCCC)COC(=O)CCCCCCCCCCCCCCCCCCCCCCCCCCCCCC. The second-order valence-corrected chi connectivity index (χ2v) is 20.2. The molecule has 1 unspecified atom stereocenters. The number of carbonyl (C=O) groups excluding carboxylic acids is 3. The van der Waals surface area contributed by atoms with Gasteiger partial charge in [-0.25, -0.2) is 0 Å². The Morgan fingerprint density at radius 2 is 0.565 bits per heavy atom. The highest BCUT2D eigenvalue weighted by molar-refractivity contribution is 5.71. The second-order valence-electron chi connectivity index (χ2n) is 20.2. The predicted octanol–water partition coefficient (Wildman–Crippen LogP) is 20.2. The molecule has 0 aromatic carbocycles. The van der Waals surface area contributed by atoms with E-state index in [1.54, 1.807) is 0 Å². The monoisotopic (exact) mass is 967 g/mol. The van der Waals surface area contributed by atoms with Crippen molar-refractivity contribution in [3.8, 4) is 0 Å². The Balaban J connectivity index is 4.03. The van der Waals surface area contributed by atoms with E-state index in [0.717, 1.165) is 96.3 Å². The minimum absolute atomic E-state index is 0.0801. The lowest BCUT2D eigenvalue weighted by Gasteiger charge is -2.18. The van der Waals surface area contributed by atoms with Crippen molar-refractivity contribution in [1.29, 1.82) is 0 Å². The highest BCUT2D eigenvalue weighted by atomic mass is 16.6. The average molecular weight is 968 g/mol. The van der Waals surface area contributed by atoms with Gasteiger partial charge in [0.05, 0.1) is 0 Å². The lowest BCUT2D eigenvalue weighted by Crippen LogP contribution is -2.30. The van der Waals surface area contributed by atoms with Crippen molar-refractivity contribution in [2.24, 2.45) is 0 Å². The molecule has 0 fully saturated rings. The highest BCUT2D eigenvalue weighted by Crippen LogP contribution is 2.17. The molecule has 0 bridgehead atoms. The fraction of sp³-hybridized carbons (Fsp3) is 0.825. The number of esters is 3. The summed E-state index contributed by atoms with van der Waals surface area (Å²) in [6, 6.07) is 0. The number of hydrogen-bond acceptors (Lipinski definition) is 6. The van der Waals surface area contributed by atoms with Gasteiger partial charge in [0.1, 0.15) is 13.2 Å². The summed E-state index contributed by atoms with van der Waals surface area (Å²) in [5.74, 6) is -0.901. The fourth-order valence-electron chi connectivity index (χ4n) is 8.85. The van der Waals surface area contributed by atoms with Crippen LogP contribution in [-0.4, -0.2) is 37.2 Å². The minimum atomic E-state index is -0.781. The third-order valence-corrected chi connectivity index (χ3v) is 13.3. The summed E-state index contributed by atoms with van der Waals surface area (Å²) in [6.45, 7) is 6.48. The number of ether oxygens (including phenoxy) is 3. The third-order valence-electron chi connectivity index (χ3n) is 13.3. The number of unbranched alkanes of at least 4 members (excludes halogenated alkanes) is 36. The molecule has 0 aliphatic rings. The summed E-state index contributed by atoms with van der Waals surface area (Å²) < 4.78 is 16.7. The Hall–Kier alpha value is -2.63. The normalized spacial score (nSPS) is 12.3. The maximum absolute atomic E-state index is 12.8. The molecule has 6 nitrogen and oxygen atoms in total. The maximum Gasteiger partial charge on any atom is 0.306 e. The first kappa shape index (κ1) is 66.4.